The molecule has 9 heteroatoms. The highest BCUT2D eigenvalue weighted by Crippen LogP contribution is 2.30. The fourth-order valence-corrected chi connectivity index (χ4v) is 5.69. The highest BCUT2D eigenvalue weighted by atomic mass is 32.2. The largest absolute Gasteiger partial charge is 0.497 e. The number of amides is 2. The normalized spacial score (nSPS) is 11.6. The van der Waals surface area contributed by atoms with Gasteiger partial charge in [0, 0.05) is 28.5 Å². The average molecular weight is 547 g/mol. The first kappa shape index (κ1) is 27.3. The van der Waals surface area contributed by atoms with Gasteiger partial charge in [0.05, 0.1) is 12.9 Å². The van der Waals surface area contributed by atoms with Crippen LogP contribution in [0, 0.1) is 20.8 Å². The van der Waals surface area contributed by atoms with Crippen molar-refractivity contribution in [3.05, 3.63) is 99.5 Å². The van der Waals surface area contributed by atoms with Crippen molar-refractivity contribution in [1.29, 1.82) is 0 Å². The molecule has 2 heterocycles. The number of rotatable bonds is 10. The summed E-state index contributed by atoms with van der Waals surface area (Å²) in [4.78, 5) is 39.0. The Morgan fingerprint density at radius 3 is 2.34 bits per heavy atom. The number of carbonyl (C=O) groups is 2. The zero-order valence-corrected chi connectivity index (χ0v) is 23.4. The van der Waals surface area contributed by atoms with Gasteiger partial charge in [-0.1, -0.05) is 42.1 Å². The molecule has 0 bridgehead atoms. The summed E-state index contributed by atoms with van der Waals surface area (Å²) in [5.41, 5.74) is 4.35. The van der Waals surface area contributed by atoms with Crippen LogP contribution in [-0.2, 0) is 16.1 Å². The van der Waals surface area contributed by atoms with Crippen molar-refractivity contribution >= 4 is 40.6 Å². The number of nitrogens with zero attached hydrogens (tertiary/aromatic N) is 3. The summed E-state index contributed by atoms with van der Waals surface area (Å²) in [7, 11) is 1.59. The molecule has 0 fully saturated rings. The van der Waals surface area contributed by atoms with E-state index in [1.807, 2.05) is 68.6 Å². The van der Waals surface area contributed by atoms with Gasteiger partial charge in [-0.15, -0.1) is 11.3 Å². The number of ether oxygens (including phenoxy) is 1. The molecule has 0 saturated carbocycles. The van der Waals surface area contributed by atoms with E-state index in [0.29, 0.717) is 23.1 Å². The van der Waals surface area contributed by atoms with Gasteiger partial charge in [0.25, 0.3) is 5.91 Å². The lowest BCUT2D eigenvalue weighted by Crippen LogP contribution is -2.41. The third-order valence-electron chi connectivity index (χ3n) is 5.94. The van der Waals surface area contributed by atoms with Gasteiger partial charge < -0.3 is 15.0 Å². The van der Waals surface area contributed by atoms with Crippen LogP contribution in [0.4, 0.5) is 5.69 Å². The Balaban J connectivity index is 1.65. The number of thioether (sulfide) groups is 1. The molecule has 4 rings (SSSR count). The van der Waals surface area contributed by atoms with E-state index in [4.69, 9.17) is 4.74 Å². The highest BCUT2D eigenvalue weighted by Gasteiger charge is 2.33. The van der Waals surface area contributed by atoms with Crippen molar-refractivity contribution in [2.24, 2.45) is 0 Å². The van der Waals surface area contributed by atoms with Crippen molar-refractivity contribution in [3.8, 4) is 5.75 Å². The number of benzene rings is 2. The summed E-state index contributed by atoms with van der Waals surface area (Å²) >= 11 is 2.73. The number of aryl methyl sites for hydroxylation is 3. The first-order chi connectivity index (χ1) is 18.3. The van der Waals surface area contributed by atoms with Crippen LogP contribution < -0.4 is 10.1 Å². The minimum absolute atomic E-state index is 0.104. The zero-order valence-electron chi connectivity index (χ0n) is 21.8. The molecule has 0 spiro atoms. The Morgan fingerprint density at radius 2 is 1.71 bits per heavy atom. The number of methoxy groups -OCH3 is 1. The lowest BCUT2D eigenvalue weighted by Gasteiger charge is -2.31. The van der Waals surface area contributed by atoms with Crippen molar-refractivity contribution in [2.75, 3.05) is 18.2 Å². The summed E-state index contributed by atoms with van der Waals surface area (Å²) in [6, 6.07) is 19.9. The number of aromatic nitrogens is 2. The van der Waals surface area contributed by atoms with Crippen molar-refractivity contribution in [3.63, 3.8) is 0 Å². The molecular formula is C29H30N4O3S2. The molecule has 0 saturated heterocycles. The fourth-order valence-electron chi connectivity index (χ4n) is 4.02. The van der Waals surface area contributed by atoms with E-state index in [-0.39, 0.29) is 17.6 Å². The summed E-state index contributed by atoms with van der Waals surface area (Å²) in [6.07, 6.45) is 0. The maximum atomic E-state index is 13.8. The molecule has 0 aliphatic carbocycles. The maximum absolute atomic E-state index is 13.8. The smallest absolute Gasteiger partial charge is 0.252 e. The Kier molecular flexibility index (Phi) is 9.15. The second kappa shape index (κ2) is 12.7. The molecule has 1 N–H and O–H groups in total. The number of hydrogen-bond acceptors (Lipinski definition) is 7. The highest BCUT2D eigenvalue weighted by molar-refractivity contribution is 7.99. The summed E-state index contributed by atoms with van der Waals surface area (Å²) in [6.45, 7) is 6.11. The van der Waals surface area contributed by atoms with Crippen LogP contribution in [0.3, 0.4) is 0 Å². The molecule has 196 valence electrons. The van der Waals surface area contributed by atoms with E-state index in [2.05, 4.69) is 15.3 Å². The summed E-state index contributed by atoms with van der Waals surface area (Å²) in [5.74, 6) is 0.336. The van der Waals surface area contributed by atoms with E-state index in [9.17, 15) is 9.59 Å². The Hall–Kier alpha value is -3.69. The van der Waals surface area contributed by atoms with Crippen molar-refractivity contribution in [2.45, 2.75) is 38.5 Å². The van der Waals surface area contributed by atoms with Crippen LogP contribution in [0.5, 0.6) is 5.75 Å². The maximum Gasteiger partial charge on any atom is 0.252 e. The predicted molar refractivity (Wildman–Crippen MR) is 153 cm³/mol. The Morgan fingerprint density at radius 1 is 1.00 bits per heavy atom. The number of nitrogens with one attached hydrogen (secondary N) is 1. The summed E-state index contributed by atoms with van der Waals surface area (Å²) < 4.78 is 5.23. The van der Waals surface area contributed by atoms with Gasteiger partial charge in [-0.25, -0.2) is 9.97 Å². The van der Waals surface area contributed by atoms with Gasteiger partial charge in [-0.3, -0.25) is 9.59 Å². The first-order valence-electron chi connectivity index (χ1n) is 12.1. The number of hydrogen-bond donors (Lipinski definition) is 1. The molecule has 0 aliphatic rings. The number of anilines is 1. The van der Waals surface area contributed by atoms with E-state index < -0.39 is 6.04 Å². The van der Waals surface area contributed by atoms with Crippen LogP contribution in [0.25, 0.3) is 0 Å². The third kappa shape index (κ3) is 6.99. The van der Waals surface area contributed by atoms with Gasteiger partial charge in [0.1, 0.15) is 11.8 Å². The molecule has 1 atom stereocenters. The second-order valence-electron chi connectivity index (χ2n) is 8.81. The monoisotopic (exact) mass is 546 g/mol. The van der Waals surface area contributed by atoms with Crippen LogP contribution in [0.1, 0.15) is 33.4 Å². The van der Waals surface area contributed by atoms with Gasteiger partial charge in [-0.05, 0) is 73.7 Å². The quantitative estimate of drug-likeness (QED) is 0.195. The third-order valence-corrected chi connectivity index (χ3v) is 7.70. The van der Waals surface area contributed by atoms with Crippen LogP contribution in [-0.4, -0.2) is 39.5 Å². The second-order valence-corrected chi connectivity index (χ2v) is 10.7. The molecule has 4 aromatic rings. The van der Waals surface area contributed by atoms with Crippen LogP contribution >= 0.6 is 23.1 Å². The van der Waals surface area contributed by atoms with Gasteiger partial charge in [0.15, 0.2) is 5.16 Å². The van der Waals surface area contributed by atoms with Crippen LogP contribution in [0.15, 0.2) is 77.3 Å². The average Bonchev–Trinajstić information content (AvgIpc) is 3.42. The standard InChI is InChI=1S/C29H30N4O3S2/c1-19-8-5-6-9-22(19)17-33(26(34)18-38-29-30-20(2)16-21(3)31-29)27(25-10-7-15-37-25)28(35)32-23-11-13-24(36-4)14-12-23/h5-16,27H,17-18H2,1-4H3,(H,32,35). The topological polar surface area (TPSA) is 84.4 Å². The minimum Gasteiger partial charge on any atom is -0.497 e. The minimum atomic E-state index is -0.815. The van der Waals surface area contributed by atoms with E-state index in [0.717, 1.165) is 27.4 Å². The van der Waals surface area contributed by atoms with Gasteiger partial charge >= 0.3 is 0 Å². The molecule has 7 nitrogen and oxygen atoms in total. The molecule has 2 aromatic carbocycles. The van der Waals surface area contributed by atoms with Gasteiger partial charge in [-0.2, -0.15) is 0 Å². The fraction of sp³-hybridized carbons (Fsp3) is 0.241. The van der Waals surface area contributed by atoms with Crippen molar-refractivity contribution in [1.82, 2.24) is 14.9 Å². The predicted octanol–water partition coefficient (Wildman–Crippen LogP) is 5.97. The molecular weight excluding hydrogens is 516 g/mol. The molecule has 38 heavy (non-hydrogen) atoms. The lowest BCUT2D eigenvalue weighted by atomic mass is 10.1. The Bertz CT molecular complexity index is 1370. The van der Waals surface area contributed by atoms with E-state index in [1.165, 1.54) is 23.1 Å². The molecule has 2 amide bonds. The number of thiophene rings is 1. The lowest BCUT2D eigenvalue weighted by molar-refractivity contribution is -0.137. The van der Waals surface area contributed by atoms with E-state index >= 15 is 0 Å². The Labute approximate surface area is 231 Å². The summed E-state index contributed by atoms with van der Waals surface area (Å²) in [5, 5.41) is 5.45. The van der Waals surface area contributed by atoms with E-state index in [1.54, 1.807) is 36.3 Å². The first-order valence-corrected chi connectivity index (χ1v) is 14.0. The molecule has 0 radical (unpaired) electrons. The molecule has 0 aliphatic heterocycles. The van der Waals surface area contributed by atoms with Gasteiger partial charge in [0.2, 0.25) is 5.91 Å². The zero-order chi connectivity index (χ0) is 27.1. The molecule has 2 aromatic heterocycles. The van der Waals surface area contributed by atoms with Crippen molar-refractivity contribution < 1.29 is 14.3 Å². The molecule has 1 unspecified atom stereocenters. The number of carbonyl (C=O) groups excluding carboxylic acids is 2. The van der Waals surface area contributed by atoms with Crippen LogP contribution in [0.2, 0.25) is 0 Å². The SMILES string of the molecule is COc1ccc(NC(=O)C(c2cccs2)N(Cc2ccccc2C)C(=O)CSc2nc(C)cc(C)n2)cc1.